The van der Waals surface area contributed by atoms with Gasteiger partial charge in [0.1, 0.15) is 5.82 Å². The van der Waals surface area contributed by atoms with E-state index in [1.807, 2.05) is 0 Å². The Morgan fingerprint density at radius 3 is 2.80 bits per heavy atom. The first-order valence-electron chi connectivity index (χ1n) is 3.79. The van der Waals surface area contributed by atoms with E-state index in [4.69, 9.17) is 16.7 Å². The highest BCUT2D eigenvalue weighted by atomic mass is 35.5. The molecule has 0 aromatic carbocycles. The number of hydrogen-bond acceptors (Lipinski definition) is 4. The molecule has 1 rings (SSSR count). The van der Waals surface area contributed by atoms with Crippen LogP contribution >= 0.6 is 11.6 Å². The number of nitrogens with zero attached hydrogens (tertiary/aromatic N) is 2. The molecule has 0 saturated carbocycles. The van der Waals surface area contributed by atoms with Gasteiger partial charge >= 0.3 is 5.97 Å². The molecule has 0 radical (unpaired) electrons. The van der Waals surface area contributed by atoms with Gasteiger partial charge in [-0.1, -0.05) is 0 Å². The second kappa shape index (κ2) is 4.83. The summed E-state index contributed by atoms with van der Waals surface area (Å²) in [5.41, 5.74) is -0.355. The number of rotatable bonds is 4. The van der Waals surface area contributed by atoms with E-state index >= 15 is 0 Å². The predicted octanol–water partition coefficient (Wildman–Crippen LogP) is 1.51. The van der Waals surface area contributed by atoms with Crippen molar-refractivity contribution in [2.45, 2.75) is 6.43 Å². The fraction of sp³-hybridized carbons (Fsp3) is 0.286. The van der Waals surface area contributed by atoms with Crippen molar-refractivity contribution in [2.75, 3.05) is 11.9 Å². The van der Waals surface area contributed by atoms with E-state index in [2.05, 4.69) is 15.3 Å². The molecule has 15 heavy (non-hydrogen) atoms. The zero-order chi connectivity index (χ0) is 11.4. The maximum atomic E-state index is 11.8. The molecule has 0 unspecified atom stereocenters. The summed E-state index contributed by atoms with van der Waals surface area (Å²) in [6.45, 7) is -0.633. The van der Waals surface area contributed by atoms with Crippen molar-refractivity contribution in [3.05, 3.63) is 17.0 Å². The molecule has 8 heteroatoms. The van der Waals surface area contributed by atoms with Crippen LogP contribution in [0.15, 0.2) is 6.07 Å². The number of anilines is 1. The quantitative estimate of drug-likeness (QED) is 0.777. The zero-order valence-electron chi connectivity index (χ0n) is 7.25. The molecule has 1 heterocycles. The molecular formula is C7H6ClF2N3O2. The number of alkyl halides is 2. The van der Waals surface area contributed by atoms with Crippen LogP contribution < -0.4 is 5.32 Å². The highest BCUT2D eigenvalue weighted by Gasteiger charge is 2.10. The van der Waals surface area contributed by atoms with Crippen molar-refractivity contribution in [2.24, 2.45) is 0 Å². The lowest BCUT2D eigenvalue weighted by Gasteiger charge is -2.05. The second-order valence-corrected chi connectivity index (χ2v) is 2.82. The fourth-order valence-electron chi connectivity index (χ4n) is 0.800. The number of aromatic nitrogens is 2. The molecule has 0 aliphatic carbocycles. The Morgan fingerprint density at radius 1 is 1.60 bits per heavy atom. The Bertz CT molecular complexity index is 375. The van der Waals surface area contributed by atoms with Gasteiger partial charge in [-0.15, -0.1) is 0 Å². The van der Waals surface area contributed by atoms with Crippen LogP contribution in [0.5, 0.6) is 0 Å². The smallest absolute Gasteiger partial charge is 0.354 e. The van der Waals surface area contributed by atoms with Gasteiger partial charge in [-0.3, -0.25) is 0 Å². The van der Waals surface area contributed by atoms with E-state index in [1.165, 1.54) is 0 Å². The average molecular weight is 238 g/mol. The van der Waals surface area contributed by atoms with Gasteiger partial charge in [-0.05, 0) is 11.6 Å². The average Bonchev–Trinajstić information content (AvgIpc) is 2.13. The van der Waals surface area contributed by atoms with E-state index < -0.39 is 18.9 Å². The topological polar surface area (TPSA) is 75.1 Å². The number of carboxylic acid groups (broad SMARTS) is 1. The van der Waals surface area contributed by atoms with Crippen molar-refractivity contribution in [1.82, 2.24) is 9.97 Å². The van der Waals surface area contributed by atoms with Gasteiger partial charge in [0.25, 0.3) is 6.43 Å². The van der Waals surface area contributed by atoms with Gasteiger partial charge in [0.05, 0.1) is 6.54 Å². The first-order valence-corrected chi connectivity index (χ1v) is 4.16. The number of carbonyl (C=O) groups is 1. The van der Waals surface area contributed by atoms with Crippen LogP contribution in [0.2, 0.25) is 5.28 Å². The van der Waals surface area contributed by atoms with Crippen molar-refractivity contribution in [1.29, 1.82) is 0 Å². The Hall–Kier alpha value is -1.50. The summed E-state index contributed by atoms with van der Waals surface area (Å²) in [6.07, 6.45) is -2.56. The Kier molecular flexibility index (Phi) is 3.73. The predicted molar refractivity (Wildman–Crippen MR) is 48.5 cm³/mol. The van der Waals surface area contributed by atoms with Gasteiger partial charge in [-0.2, -0.15) is 0 Å². The maximum absolute atomic E-state index is 11.8. The van der Waals surface area contributed by atoms with Gasteiger partial charge in [-0.25, -0.2) is 23.5 Å². The lowest BCUT2D eigenvalue weighted by molar-refractivity contribution is 0.0690. The minimum atomic E-state index is -2.56. The van der Waals surface area contributed by atoms with E-state index in [9.17, 15) is 13.6 Å². The van der Waals surface area contributed by atoms with Crippen molar-refractivity contribution in [3.8, 4) is 0 Å². The normalized spacial score (nSPS) is 10.4. The monoisotopic (exact) mass is 237 g/mol. The summed E-state index contributed by atoms with van der Waals surface area (Å²) in [5.74, 6) is -1.35. The molecule has 1 aromatic rings. The molecule has 0 bridgehead atoms. The van der Waals surface area contributed by atoms with Crippen molar-refractivity contribution in [3.63, 3.8) is 0 Å². The zero-order valence-corrected chi connectivity index (χ0v) is 8.00. The molecule has 82 valence electrons. The van der Waals surface area contributed by atoms with Crippen LogP contribution in [0.1, 0.15) is 10.5 Å². The highest BCUT2D eigenvalue weighted by Crippen LogP contribution is 2.10. The van der Waals surface area contributed by atoms with E-state index in [-0.39, 0.29) is 16.8 Å². The lowest BCUT2D eigenvalue weighted by Crippen LogP contribution is -2.13. The Morgan fingerprint density at radius 2 is 2.27 bits per heavy atom. The van der Waals surface area contributed by atoms with Gasteiger partial charge < -0.3 is 10.4 Å². The minimum Gasteiger partial charge on any atom is -0.477 e. The maximum Gasteiger partial charge on any atom is 0.354 e. The summed E-state index contributed by atoms with van der Waals surface area (Å²) in [5, 5.41) is 10.5. The summed E-state index contributed by atoms with van der Waals surface area (Å²) in [7, 11) is 0. The fourth-order valence-corrected chi connectivity index (χ4v) is 0.982. The first-order chi connectivity index (χ1) is 6.99. The van der Waals surface area contributed by atoms with E-state index in [0.29, 0.717) is 0 Å². The Balaban J connectivity index is 2.84. The van der Waals surface area contributed by atoms with Crippen LogP contribution in [0.4, 0.5) is 14.6 Å². The van der Waals surface area contributed by atoms with E-state index in [0.717, 1.165) is 6.07 Å². The molecule has 0 spiro atoms. The standard InChI is InChI=1S/C7H6ClF2N3O2/c8-7-12-3(6(14)15)1-5(13-7)11-2-4(9)10/h1,4H,2H2,(H,14,15)(H,11,12,13). The van der Waals surface area contributed by atoms with Crippen LogP contribution in [0, 0.1) is 0 Å². The highest BCUT2D eigenvalue weighted by molar-refractivity contribution is 6.28. The SMILES string of the molecule is O=C(O)c1cc(NCC(F)F)nc(Cl)n1. The summed E-state index contributed by atoms with van der Waals surface area (Å²) in [4.78, 5) is 17.4. The number of hydrogen-bond donors (Lipinski definition) is 2. The minimum absolute atomic E-state index is 0.0484. The largest absolute Gasteiger partial charge is 0.477 e. The molecular weight excluding hydrogens is 232 g/mol. The number of nitrogens with one attached hydrogen (secondary N) is 1. The summed E-state index contributed by atoms with van der Waals surface area (Å²) >= 11 is 5.40. The summed E-state index contributed by atoms with van der Waals surface area (Å²) in [6, 6.07) is 1.02. The third-order valence-corrected chi connectivity index (χ3v) is 1.52. The third kappa shape index (κ3) is 3.62. The molecule has 0 atom stereocenters. The molecule has 0 fully saturated rings. The van der Waals surface area contributed by atoms with Gasteiger partial charge in [0.15, 0.2) is 5.69 Å². The molecule has 5 nitrogen and oxygen atoms in total. The second-order valence-electron chi connectivity index (χ2n) is 2.48. The number of aromatic carboxylic acids is 1. The van der Waals surface area contributed by atoms with Crippen LogP contribution in [0.25, 0.3) is 0 Å². The molecule has 2 N–H and O–H groups in total. The van der Waals surface area contributed by atoms with Gasteiger partial charge in [0.2, 0.25) is 5.28 Å². The number of halogens is 3. The van der Waals surface area contributed by atoms with E-state index in [1.54, 1.807) is 0 Å². The Labute approximate surface area is 88.1 Å². The van der Waals surface area contributed by atoms with Crippen molar-refractivity contribution >= 4 is 23.4 Å². The molecule has 1 aromatic heterocycles. The van der Waals surface area contributed by atoms with Gasteiger partial charge in [0, 0.05) is 6.07 Å². The molecule has 0 aliphatic heterocycles. The van der Waals surface area contributed by atoms with Crippen molar-refractivity contribution < 1.29 is 18.7 Å². The molecule has 0 aliphatic rings. The third-order valence-electron chi connectivity index (χ3n) is 1.36. The lowest BCUT2D eigenvalue weighted by atomic mass is 10.4. The summed E-state index contributed by atoms with van der Waals surface area (Å²) < 4.78 is 23.6. The molecule has 0 amide bonds. The number of carboxylic acids is 1. The first kappa shape index (κ1) is 11.6. The van der Waals surface area contributed by atoms with Crippen LogP contribution in [-0.4, -0.2) is 34.0 Å². The molecule has 0 saturated heterocycles. The van der Waals surface area contributed by atoms with Crippen LogP contribution in [-0.2, 0) is 0 Å². The van der Waals surface area contributed by atoms with Crippen LogP contribution in [0.3, 0.4) is 0 Å².